The molecule has 1 rings (SSSR count). The lowest BCUT2D eigenvalue weighted by atomic mass is 10.2. The predicted octanol–water partition coefficient (Wildman–Crippen LogP) is 2.11. The van der Waals surface area contributed by atoms with E-state index in [9.17, 15) is 4.79 Å². The molecule has 1 aromatic carbocycles. The van der Waals surface area contributed by atoms with Crippen molar-refractivity contribution in [3.8, 4) is 5.75 Å². The van der Waals surface area contributed by atoms with Crippen molar-refractivity contribution < 1.29 is 14.6 Å². The van der Waals surface area contributed by atoms with Crippen molar-refractivity contribution in [2.75, 3.05) is 5.43 Å². The van der Waals surface area contributed by atoms with Gasteiger partial charge in [0.15, 0.2) is 0 Å². The van der Waals surface area contributed by atoms with Gasteiger partial charge in [0.1, 0.15) is 5.75 Å². The Morgan fingerprint density at radius 1 is 1.56 bits per heavy atom. The maximum Gasteiger partial charge on any atom is 0.337 e. The van der Waals surface area contributed by atoms with Crippen molar-refractivity contribution >= 4 is 23.3 Å². The van der Waals surface area contributed by atoms with Gasteiger partial charge in [-0.15, -0.1) is 0 Å². The quantitative estimate of drug-likeness (QED) is 0.558. The number of carbonyl (C=O) groups is 1. The Labute approximate surface area is 98.1 Å². The van der Waals surface area contributed by atoms with E-state index in [2.05, 4.69) is 5.43 Å². The zero-order chi connectivity index (χ0) is 12.3. The van der Waals surface area contributed by atoms with Crippen LogP contribution in [0.4, 0.5) is 5.69 Å². The largest absolute Gasteiger partial charge is 0.489 e. The fourth-order valence-corrected chi connectivity index (χ4v) is 1.42. The number of anilines is 1. The molecule has 0 unspecified atom stereocenters. The van der Waals surface area contributed by atoms with Crippen LogP contribution >= 0.6 is 11.6 Å². The van der Waals surface area contributed by atoms with Gasteiger partial charge in [0, 0.05) is 6.07 Å². The van der Waals surface area contributed by atoms with Crippen molar-refractivity contribution in [1.29, 1.82) is 0 Å². The third kappa shape index (κ3) is 2.77. The Morgan fingerprint density at radius 2 is 2.19 bits per heavy atom. The number of hydrogen-bond donors (Lipinski definition) is 3. The number of nitrogens with one attached hydrogen (secondary N) is 1. The van der Waals surface area contributed by atoms with Gasteiger partial charge in [0.05, 0.1) is 22.4 Å². The van der Waals surface area contributed by atoms with Gasteiger partial charge in [-0.2, -0.15) is 0 Å². The highest BCUT2D eigenvalue weighted by Crippen LogP contribution is 2.31. The first-order chi connectivity index (χ1) is 7.45. The smallest absolute Gasteiger partial charge is 0.337 e. The van der Waals surface area contributed by atoms with E-state index in [1.165, 1.54) is 12.1 Å². The summed E-state index contributed by atoms with van der Waals surface area (Å²) in [7, 11) is 0. The molecule has 0 saturated heterocycles. The molecule has 1 aromatic rings. The Kier molecular flexibility index (Phi) is 3.98. The summed E-state index contributed by atoms with van der Waals surface area (Å²) in [5, 5.41) is 8.98. The number of aromatic carboxylic acids is 1. The number of carboxylic acids is 1. The molecule has 0 aliphatic heterocycles. The maximum absolute atomic E-state index is 10.8. The van der Waals surface area contributed by atoms with Gasteiger partial charge >= 0.3 is 5.97 Å². The third-order valence-corrected chi connectivity index (χ3v) is 2.13. The minimum Gasteiger partial charge on any atom is -0.489 e. The van der Waals surface area contributed by atoms with Crippen LogP contribution in [0.3, 0.4) is 0 Å². The average molecular weight is 245 g/mol. The summed E-state index contributed by atoms with van der Waals surface area (Å²) in [4.78, 5) is 10.8. The number of rotatable bonds is 4. The molecule has 0 fully saturated rings. The molecule has 0 atom stereocenters. The number of nitrogens with two attached hydrogens (primary N) is 1. The molecule has 0 spiro atoms. The van der Waals surface area contributed by atoms with Crippen LogP contribution in [0.15, 0.2) is 12.1 Å². The molecule has 0 aromatic heterocycles. The van der Waals surface area contributed by atoms with E-state index in [1.54, 1.807) is 0 Å². The molecular formula is C10H13ClN2O3. The van der Waals surface area contributed by atoms with Crippen LogP contribution in [0, 0.1) is 0 Å². The third-order valence-electron chi connectivity index (χ3n) is 1.82. The van der Waals surface area contributed by atoms with Crippen molar-refractivity contribution in [3.05, 3.63) is 22.7 Å². The Bertz CT molecular complexity index is 407. The SMILES string of the molecule is CC(C)Oc1cc(Cl)c(C(=O)O)cc1NN. The summed E-state index contributed by atoms with van der Waals surface area (Å²) in [6, 6.07) is 2.77. The summed E-state index contributed by atoms with van der Waals surface area (Å²) >= 11 is 5.81. The van der Waals surface area contributed by atoms with Crippen molar-refractivity contribution in [1.82, 2.24) is 0 Å². The second-order valence-electron chi connectivity index (χ2n) is 3.44. The highest BCUT2D eigenvalue weighted by atomic mass is 35.5. The first-order valence-corrected chi connectivity index (χ1v) is 5.03. The number of nitrogen functional groups attached to an aromatic ring is 1. The minimum absolute atomic E-state index is 0.0225. The highest BCUT2D eigenvalue weighted by Gasteiger charge is 2.14. The number of carboxylic acid groups (broad SMARTS) is 1. The fraction of sp³-hybridized carbons (Fsp3) is 0.300. The molecule has 88 valence electrons. The van der Waals surface area contributed by atoms with Crippen LogP contribution in [0.5, 0.6) is 5.75 Å². The van der Waals surface area contributed by atoms with Crippen LogP contribution in [0.25, 0.3) is 0 Å². The molecule has 0 saturated carbocycles. The minimum atomic E-state index is -1.11. The normalized spacial score (nSPS) is 10.3. The Balaban J connectivity index is 3.21. The van der Waals surface area contributed by atoms with Crippen LogP contribution in [-0.2, 0) is 0 Å². The Hall–Kier alpha value is -1.46. The lowest BCUT2D eigenvalue weighted by Gasteiger charge is -2.15. The molecule has 0 radical (unpaired) electrons. The molecular weight excluding hydrogens is 232 g/mol. The van der Waals surface area contributed by atoms with Gasteiger partial charge < -0.3 is 15.3 Å². The molecule has 0 bridgehead atoms. The van der Waals surface area contributed by atoms with Crippen LogP contribution in [-0.4, -0.2) is 17.2 Å². The van der Waals surface area contributed by atoms with Crippen molar-refractivity contribution in [2.24, 2.45) is 5.84 Å². The summed E-state index contributed by atoms with van der Waals surface area (Å²) in [6.45, 7) is 3.69. The van der Waals surface area contributed by atoms with Gasteiger partial charge in [-0.3, -0.25) is 5.84 Å². The van der Waals surface area contributed by atoms with Crippen LogP contribution in [0.2, 0.25) is 5.02 Å². The number of benzene rings is 1. The number of ether oxygens (including phenoxy) is 1. The standard InChI is InChI=1S/C10H13ClN2O3/c1-5(2)16-9-4-7(11)6(10(14)15)3-8(9)13-12/h3-5,13H,12H2,1-2H3,(H,14,15). The molecule has 5 nitrogen and oxygen atoms in total. The van der Waals surface area contributed by atoms with Gasteiger partial charge in [0.2, 0.25) is 0 Å². The van der Waals surface area contributed by atoms with Gasteiger partial charge in [-0.1, -0.05) is 11.6 Å². The highest BCUT2D eigenvalue weighted by molar-refractivity contribution is 6.33. The summed E-state index contributed by atoms with van der Waals surface area (Å²) in [5.41, 5.74) is 2.74. The first kappa shape index (κ1) is 12.6. The topological polar surface area (TPSA) is 84.6 Å². The van der Waals surface area contributed by atoms with Crippen LogP contribution < -0.4 is 16.0 Å². The average Bonchev–Trinajstić information content (AvgIpc) is 2.16. The monoisotopic (exact) mass is 244 g/mol. The van der Waals surface area contributed by atoms with Crippen molar-refractivity contribution in [3.63, 3.8) is 0 Å². The van der Waals surface area contributed by atoms with E-state index in [0.717, 1.165) is 0 Å². The lowest BCUT2D eigenvalue weighted by molar-refractivity contribution is 0.0697. The van der Waals surface area contributed by atoms with Gasteiger partial charge in [-0.25, -0.2) is 4.79 Å². The van der Waals surface area contributed by atoms with Gasteiger partial charge in [0.25, 0.3) is 0 Å². The van der Waals surface area contributed by atoms with E-state index < -0.39 is 5.97 Å². The molecule has 0 heterocycles. The van der Waals surface area contributed by atoms with Gasteiger partial charge in [-0.05, 0) is 19.9 Å². The molecule has 6 heteroatoms. The lowest BCUT2D eigenvalue weighted by Crippen LogP contribution is -2.13. The van der Waals surface area contributed by atoms with E-state index in [1.807, 2.05) is 13.8 Å². The second kappa shape index (κ2) is 5.05. The summed E-state index contributed by atoms with van der Waals surface area (Å²) < 4.78 is 5.43. The Morgan fingerprint density at radius 3 is 2.62 bits per heavy atom. The van der Waals surface area contributed by atoms with E-state index in [-0.39, 0.29) is 16.7 Å². The van der Waals surface area contributed by atoms with Crippen molar-refractivity contribution in [2.45, 2.75) is 20.0 Å². The molecule has 4 N–H and O–H groups in total. The maximum atomic E-state index is 10.8. The first-order valence-electron chi connectivity index (χ1n) is 4.65. The fourth-order valence-electron chi connectivity index (χ4n) is 1.18. The van der Waals surface area contributed by atoms with E-state index in [4.69, 9.17) is 27.3 Å². The molecule has 0 amide bonds. The van der Waals surface area contributed by atoms with E-state index >= 15 is 0 Å². The number of hydrazine groups is 1. The zero-order valence-corrected chi connectivity index (χ0v) is 9.71. The summed E-state index contributed by atoms with van der Waals surface area (Å²) in [5.74, 6) is 4.59. The van der Waals surface area contributed by atoms with Crippen LogP contribution in [0.1, 0.15) is 24.2 Å². The number of halogens is 1. The molecule has 16 heavy (non-hydrogen) atoms. The molecule has 0 aliphatic rings. The molecule has 0 aliphatic carbocycles. The predicted molar refractivity (Wildman–Crippen MR) is 62.0 cm³/mol. The number of hydrogen-bond acceptors (Lipinski definition) is 4. The summed E-state index contributed by atoms with van der Waals surface area (Å²) in [6.07, 6.45) is -0.0566. The zero-order valence-electron chi connectivity index (χ0n) is 8.95. The van der Waals surface area contributed by atoms with E-state index in [0.29, 0.717) is 11.4 Å². The second-order valence-corrected chi connectivity index (χ2v) is 3.85.